The van der Waals surface area contributed by atoms with Crippen molar-refractivity contribution in [2.45, 2.75) is 45.4 Å². The van der Waals surface area contributed by atoms with E-state index in [9.17, 15) is 5.11 Å². The average Bonchev–Trinajstić information content (AvgIpc) is 1.79. The van der Waals surface area contributed by atoms with Gasteiger partial charge in [0.1, 0.15) is 0 Å². The number of aliphatic hydroxyl groups excluding tert-OH is 1. The molecule has 0 aromatic rings. The molecule has 60 valence electrons. The number of hydrogen-bond donors (Lipinski definition) is 1. The van der Waals surface area contributed by atoms with Crippen LogP contribution in [-0.4, -0.2) is 34.2 Å². The van der Waals surface area contributed by atoms with Crippen molar-refractivity contribution < 1.29 is 5.11 Å². The molecule has 1 aliphatic heterocycles. The Morgan fingerprint density at radius 1 is 1.40 bits per heavy atom. The largest absolute Gasteiger partial charge is 0.390 e. The predicted molar refractivity (Wildman–Crippen MR) is 41.9 cm³/mol. The Morgan fingerprint density at radius 3 is 2.00 bits per heavy atom. The molecule has 0 amide bonds. The number of aliphatic hydroxyl groups is 1. The van der Waals surface area contributed by atoms with E-state index in [1.807, 2.05) is 0 Å². The number of likely N-dealkylation sites (tertiary alicyclic amines) is 1. The molecular weight excluding hydrogens is 126 g/mol. The zero-order valence-corrected chi connectivity index (χ0v) is 7.26. The molecule has 1 rings (SSSR count). The maximum atomic E-state index is 9.21. The third-order valence-corrected chi connectivity index (χ3v) is 2.29. The Bertz CT molecular complexity index is 128. The van der Waals surface area contributed by atoms with Gasteiger partial charge in [0.25, 0.3) is 0 Å². The number of rotatable bonds is 0. The Labute approximate surface area is 62.8 Å². The summed E-state index contributed by atoms with van der Waals surface area (Å²) in [4.78, 5) is 2.30. The number of nitrogens with zero attached hydrogens (tertiary/aromatic N) is 1. The summed E-state index contributed by atoms with van der Waals surface area (Å²) in [5.41, 5.74) is 0.221. The maximum Gasteiger partial charge on any atom is 0.0819 e. The molecular formula is C8H17NO. The zero-order chi connectivity index (χ0) is 7.94. The molecule has 10 heavy (non-hydrogen) atoms. The van der Waals surface area contributed by atoms with E-state index in [0.29, 0.717) is 6.04 Å². The van der Waals surface area contributed by atoms with Gasteiger partial charge in [0.2, 0.25) is 0 Å². The molecule has 0 spiro atoms. The van der Waals surface area contributed by atoms with Crippen LogP contribution in [0.3, 0.4) is 0 Å². The van der Waals surface area contributed by atoms with Crippen molar-refractivity contribution in [2.75, 3.05) is 6.54 Å². The van der Waals surface area contributed by atoms with Gasteiger partial charge in [-0.25, -0.2) is 0 Å². The highest BCUT2D eigenvalue weighted by atomic mass is 16.3. The topological polar surface area (TPSA) is 23.5 Å². The van der Waals surface area contributed by atoms with Gasteiger partial charge in [0.15, 0.2) is 0 Å². The standard InChI is InChI=1S/C8H17NO/c1-6-7(10)5-9(6)8(2,3)4/h6-7,10H,5H2,1-4H3/t6-,7?/m1/s1. The van der Waals surface area contributed by atoms with Gasteiger partial charge < -0.3 is 5.11 Å². The second-order valence-corrected chi connectivity index (χ2v) is 4.13. The van der Waals surface area contributed by atoms with E-state index >= 15 is 0 Å². The van der Waals surface area contributed by atoms with Gasteiger partial charge in [0, 0.05) is 18.1 Å². The summed E-state index contributed by atoms with van der Waals surface area (Å²) < 4.78 is 0. The molecule has 1 unspecified atom stereocenters. The molecule has 1 heterocycles. The third-order valence-electron chi connectivity index (χ3n) is 2.29. The molecule has 1 fully saturated rings. The zero-order valence-electron chi connectivity index (χ0n) is 7.26. The van der Waals surface area contributed by atoms with Gasteiger partial charge in [-0.2, -0.15) is 0 Å². The summed E-state index contributed by atoms with van der Waals surface area (Å²) in [5.74, 6) is 0. The van der Waals surface area contributed by atoms with E-state index in [2.05, 4.69) is 32.6 Å². The second kappa shape index (κ2) is 2.21. The second-order valence-electron chi connectivity index (χ2n) is 4.13. The molecule has 0 aromatic carbocycles. The lowest BCUT2D eigenvalue weighted by Crippen LogP contribution is -2.64. The Morgan fingerprint density at radius 2 is 1.90 bits per heavy atom. The minimum absolute atomic E-state index is 0.0979. The van der Waals surface area contributed by atoms with Gasteiger partial charge in [-0.15, -0.1) is 0 Å². The Hall–Kier alpha value is -0.0800. The Kier molecular flexibility index (Phi) is 1.77. The summed E-state index contributed by atoms with van der Waals surface area (Å²) in [7, 11) is 0. The van der Waals surface area contributed by atoms with E-state index in [1.54, 1.807) is 0 Å². The van der Waals surface area contributed by atoms with Gasteiger partial charge in [-0.3, -0.25) is 4.90 Å². The van der Waals surface area contributed by atoms with Crippen LogP contribution in [-0.2, 0) is 0 Å². The average molecular weight is 143 g/mol. The first-order valence-corrected chi connectivity index (χ1v) is 3.88. The maximum absolute atomic E-state index is 9.21. The fourth-order valence-electron chi connectivity index (χ4n) is 1.47. The van der Waals surface area contributed by atoms with Crippen molar-refractivity contribution in [1.82, 2.24) is 4.90 Å². The quantitative estimate of drug-likeness (QED) is 0.543. The van der Waals surface area contributed by atoms with E-state index in [-0.39, 0.29) is 11.6 Å². The monoisotopic (exact) mass is 143 g/mol. The van der Waals surface area contributed by atoms with Crippen LogP contribution in [0.2, 0.25) is 0 Å². The molecule has 1 aliphatic rings. The van der Waals surface area contributed by atoms with Gasteiger partial charge in [0.05, 0.1) is 6.10 Å². The Balaban J connectivity index is 2.48. The van der Waals surface area contributed by atoms with Crippen molar-refractivity contribution in [3.8, 4) is 0 Å². The smallest absolute Gasteiger partial charge is 0.0819 e. The summed E-state index contributed by atoms with van der Waals surface area (Å²) in [6.07, 6.45) is -0.0979. The fourth-order valence-corrected chi connectivity index (χ4v) is 1.47. The molecule has 0 radical (unpaired) electrons. The van der Waals surface area contributed by atoms with E-state index in [0.717, 1.165) is 6.54 Å². The predicted octanol–water partition coefficient (Wildman–Crippen LogP) is 0.850. The highest BCUT2D eigenvalue weighted by molar-refractivity contribution is 4.95. The number of β-amino-alcohol motifs (C(OH)–C–C–N with tert-alkyl or cyclic N) is 1. The van der Waals surface area contributed by atoms with Gasteiger partial charge in [-0.05, 0) is 27.7 Å². The summed E-state index contributed by atoms with van der Waals surface area (Å²) >= 11 is 0. The third kappa shape index (κ3) is 1.18. The molecule has 2 atom stereocenters. The van der Waals surface area contributed by atoms with Crippen molar-refractivity contribution in [3.05, 3.63) is 0 Å². The lowest BCUT2D eigenvalue weighted by Gasteiger charge is -2.51. The van der Waals surface area contributed by atoms with E-state index in [4.69, 9.17) is 0 Å². The first-order valence-electron chi connectivity index (χ1n) is 3.88. The fraction of sp³-hybridized carbons (Fsp3) is 1.00. The lowest BCUT2D eigenvalue weighted by molar-refractivity contribution is -0.0984. The summed E-state index contributed by atoms with van der Waals surface area (Å²) in [6.45, 7) is 9.43. The molecule has 0 aromatic heterocycles. The molecule has 0 bridgehead atoms. The van der Waals surface area contributed by atoms with Crippen molar-refractivity contribution in [1.29, 1.82) is 0 Å². The molecule has 1 saturated heterocycles. The minimum Gasteiger partial charge on any atom is -0.390 e. The number of hydrogen-bond acceptors (Lipinski definition) is 2. The molecule has 2 nitrogen and oxygen atoms in total. The minimum atomic E-state index is -0.0979. The van der Waals surface area contributed by atoms with E-state index in [1.165, 1.54) is 0 Å². The normalized spacial score (nSPS) is 35.7. The van der Waals surface area contributed by atoms with Crippen LogP contribution < -0.4 is 0 Å². The van der Waals surface area contributed by atoms with Crippen molar-refractivity contribution in [2.24, 2.45) is 0 Å². The van der Waals surface area contributed by atoms with Crippen LogP contribution in [0.4, 0.5) is 0 Å². The van der Waals surface area contributed by atoms with Gasteiger partial charge in [-0.1, -0.05) is 0 Å². The van der Waals surface area contributed by atoms with Crippen LogP contribution >= 0.6 is 0 Å². The molecule has 0 saturated carbocycles. The highest BCUT2D eigenvalue weighted by Gasteiger charge is 2.39. The van der Waals surface area contributed by atoms with Crippen LogP contribution in [0, 0.1) is 0 Å². The van der Waals surface area contributed by atoms with Crippen LogP contribution in [0.5, 0.6) is 0 Å². The first kappa shape index (κ1) is 8.02. The lowest BCUT2D eigenvalue weighted by atomic mass is 9.92. The van der Waals surface area contributed by atoms with Gasteiger partial charge >= 0.3 is 0 Å². The SMILES string of the molecule is C[C@@H]1C(O)CN1C(C)(C)C. The van der Waals surface area contributed by atoms with E-state index < -0.39 is 0 Å². The van der Waals surface area contributed by atoms with Crippen LogP contribution in [0.1, 0.15) is 27.7 Å². The summed E-state index contributed by atoms with van der Waals surface area (Å²) in [5, 5.41) is 9.21. The van der Waals surface area contributed by atoms with Crippen molar-refractivity contribution >= 4 is 0 Å². The first-order chi connectivity index (χ1) is 4.43. The summed E-state index contributed by atoms with van der Waals surface area (Å²) in [6, 6.07) is 0.347. The van der Waals surface area contributed by atoms with Crippen LogP contribution in [0.15, 0.2) is 0 Å². The molecule has 2 heteroatoms. The molecule has 1 N–H and O–H groups in total. The highest BCUT2D eigenvalue weighted by Crippen LogP contribution is 2.26. The van der Waals surface area contributed by atoms with Crippen LogP contribution in [0.25, 0.3) is 0 Å². The van der Waals surface area contributed by atoms with Crippen molar-refractivity contribution in [3.63, 3.8) is 0 Å². The molecule has 0 aliphatic carbocycles.